The molecule has 2 aliphatic heterocycles. The third-order valence-corrected chi connectivity index (χ3v) is 4.99. The van der Waals surface area contributed by atoms with Crippen molar-refractivity contribution in [2.75, 3.05) is 26.2 Å². The molecule has 3 rings (SSSR count). The van der Waals surface area contributed by atoms with E-state index in [2.05, 4.69) is 10.6 Å². The molecule has 6 heteroatoms. The molecule has 2 atom stereocenters. The Balaban J connectivity index is 0.00000225. The number of likely N-dealkylation sites (tertiary alicyclic amines) is 1. The Hall–Kier alpha value is -1.59. The van der Waals surface area contributed by atoms with E-state index in [1.165, 1.54) is 0 Å². The zero-order valence-corrected chi connectivity index (χ0v) is 15.4. The van der Waals surface area contributed by atoms with Gasteiger partial charge in [-0.2, -0.15) is 0 Å². The van der Waals surface area contributed by atoms with Crippen molar-refractivity contribution in [3.63, 3.8) is 0 Å². The van der Waals surface area contributed by atoms with Gasteiger partial charge in [-0.15, -0.1) is 12.4 Å². The van der Waals surface area contributed by atoms with E-state index in [1.54, 1.807) is 0 Å². The first-order valence-electron chi connectivity index (χ1n) is 9.05. The third kappa shape index (κ3) is 5.72. The van der Waals surface area contributed by atoms with Crippen molar-refractivity contribution in [3.8, 4) is 0 Å². The molecule has 0 radical (unpaired) electrons. The van der Waals surface area contributed by atoms with Crippen LogP contribution in [0.1, 0.15) is 31.2 Å². The second kappa shape index (κ2) is 9.78. The first kappa shape index (κ1) is 19.7. The average Bonchev–Trinajstić information content (AvgIpc) is 2.63. The van der Waals surface area contributed by atoms with Gasteiger partial charge in [0.25, 0.3) is 0 Å². The molecule has 0 saturated carbocycles. The zero-order valence-electron chi connectivity index (χ0n) is 14.6. The standard InChI is InChI=1S/C19H27N3O2.ClH/c23-18(12-15-6-2-1-3-7-15)22-11-5-8-16(14-22)19(24)21-17-9-4-10-20-13-17;/h1-3,6-7,16-17,20H,4-5,8-14H2,(H,21,24);1H/t16?,17-;/m0./s1. The van der Waals surface area contributed by atoms with Crippen LogP contribution in [-0.2, 0) is 16.0 Å². The Labute approximate surface area is 155 Å². The van der Waals surface area contributed by atoms with Crippen LogP contribution in [0.2, 0.25) is 0 Å². The fraction of sp³-hybridized carbons (Fsp3) is 0.579. The van der Waals surface area contributed by atoms with Gasteiger partial charge in [0.1, 0.15) is 0 Å². The number of hydrogen-bond donors (Lipinski definition) is 2. The maximum Gasteiger partial charge on any atom is 0.227 e. The molecule has 2 fully saturated rings. The highest BCUT2D eigenvalue weighted by Crippen LogP contribution is 2.18. The molecule has 1 unspecified atom stereocenters. The van der Waals surface area contributed by atoms with Gasteiger partial charge in [-0.25, -0.2) is 0 Å². The summed E-state index contributed by atoms with van der Waals surface area (Å²) in [7, 11) is 0. The van der Waals surface area contributed by atoms with Crippen LogP contribution in [0.25, 0.3) is 0 Å². The highest BCUT2D eigenvalue weighted by molar-refractivity contribution is 5.85. The largest absolute Gasteiger partial charge is 0.352 e. The summed E-state index contributed by atoms with van der Waals surface area (Å²) in [5, 5.41) is 6.48. The van der Waals surface area contributed by atoms with Crippen molar-refractivity contribution >= 4 is 24.2 Å². The molecule has 2 aliphatic rings. The Morgan fingerprint density at radius 3 is 2.68 bits per heavy atom. The maximum atomic E-state index is 12.5. The number of nitrogens with one attached hydrogen (secondary N) is 2. The summed E-state index contributed by atoms with van der Waals surface area (Å²) < 4.78 is 0. The van der Waals surface area contributed by atoms with Crippen molar-refractivity contribution in [2.24, 2.45) is 5.92 Å². The lowest BCUT2D eigenvalue weighted by Gasteiger charge is -2.33. The van der Waals surface area contributed by atoms with E-state index in [0.29, 0.717) is 13.0 Å². The minimum Gasteiger partial charge on any atom is -0.352 e. The monoisotopic (exact) mass is 365 g/mol. The van der Waals surface area contributed by atoms with Crippen molar-refractivity contribution in [3.05, 3.63) is 35.9 Å². The number of benzene rings is 1. The summed E-state index contributed by atoms with van der Waals surface area (Å²) in [5.41, 5.74) is 1.03. The number of rotatable bonds is 4. The minimum atomic E-state index is -0.0691. The number of nitrogens with zero attached hydrogens (tertiary/aromatic N) is 1. The molecule has 2 N–H and O–H groups in total. The van der Waals surface area contributed by atoms with Crippen LogP contribution in [0.4, 0.5) is 0 Å². The number of halogens is 1. The second-order valence-electron chi connectivity index (χ2n) is 6.89. The summed E-state index contributed by atoms with van der Waals surface area (Å²) in [6.45, 7) is 3.21. The van der Waals surface area contributed by atoms with Crippen molar-refractivity contribution in [1.29, 1.82) is 0 Å². The van der Waals surface area contributed by atoms with E-state index in [9.17, 15) is 9.59 Å². The molecule has 0 aromatic heterocycles. The molecule has 1 aromatic carbocycles. The SMILES string of the molecule is Cl.O=C(N[C@H]1CCCNC1)C1CCCN(C(=O)Cc2ccccc2)C1. The molecule has 2 amide bonds. The fourth-order valence-corrected chi connectivity index (χ4v) is 3.59. The van der Waals surface area contributed by atoms with E-state index >= 15 is 0 Å². The molecular formula is C19H28ClN3O2. The minimum absolute atomic E-state index is 0. The first-order chi connectivity index (χ1) is 11.7. The van der Waals surface area contributed by atoms with E-state index in [-0.39, 0.29) is 36.2 Å². The molecule has 5 nitrogen and oxygen atoms in total. The molecular weight excluding hydrogens is 338 g/mol. The molecule has 0 aliphatic carbocycles. The normalized spacial score (nSPS) is 23.4. The summed E-state index contributed by atoms with van der Waals surface area (Å²) in [4.78, 5) is 26.9. The van der Waals surface area contributed by atoms with Gasteiger partial charge in [-0.05, 0) is 37.8 Å². The van der Waals surface area contributed by atoms with E-state index in [0.717, 1.165) is 50.9 Å². The van der Waals surface area contributed by atoms with Crippen LogP contribution < -0.4 is 10.6 Å². The second-order valence-corrected chi connectivity index (χ2v) is 6.89. The van der Waals surface area contributed by atoms with Gasteiger partial charge in [0.2, 0.25) is 11.8 Å². The Morgan fingerprint density at radius 2 is 1.96 bits per heavy atom. The molecule has 1 aromatic rings. The lowest BCUT2D eigenvalue weighted by molar-refractivity contribution is -0.135. The number of piperidine rings is 2. The molecule has 0 bridgehead atoms. The highest BCUT2D eigenvalue weighted by atomic mass is 35.5. The van der Waals surface area contributed by atoms with Gasteiger partial charge >= 0.3 is 0 Å². The van der Waals surface area contributed by atoms with Gasteiger partial charge in [-0.1, -0.05) is 30.3 Å². The lowest BCUT2D eigenvalue weighted by atomic mass is 9.95. The van der Waals surface area contributed by atoms with E-state index < -0.39 is 0 Å². The Morgan fingerprint density at radius 1 is 1.16 bits per heavy atom. The maximum absolute atomic E-state index is 12.5. The Bertz CT molecular complexity index is 561. The third-order valence-electron chi connectivity index (χ3n) is 4.99. The molecule has 2 heterocycles. The number of hydrogen-bond acceptors (Lipinski definition) is 3. The van der Waals surface area contributed by atoms with Gasteiger partial charge in [0.05, 0.1) is 12.3 Å². The van der Waals surface area contributed by atoms with Crippen LogP contribution in [0, 0.1) is 5.92 Å². The molecule has 2 saturated heterocycles. The predicted octanol–water partition coefficient (Wildman–Crippen LogP) is 1.76. The first-order valence-corrected chi connectivity index (χ1v) is 9.05. The van der Waals surface area contributed by atoms with Crippen LogP contribution in [0.5, 0.6) is 0 Å². The quantitative estimate of drug-likeness (QED) is 0.854. The zero-order chi connectivity index (χ0) is 16.8. The smallest absolute Gasteiger partial charge is 0.227 e. The molecule has 138 valence electrons. The van der Waals surface area contributed by atoms with Gasteiger partial charge in [0.15, 0.2) is 0 Å². The fourth-order valence-electron chi connectivity index (χ4n) is 3.59. The summed E-state index contributed by atoms with van der Waals surface area (Å²) >= 11 is 0. The average molecular weight is 366 g/mol. The van der Waals surface area contributed by atoms with Gasteiger partial charge in [-0.3, -0.25) is 9.59 Å². The van der Waals surface area contributed by atoms with Gasteiger partial charge < -0.3 is 15.5 Å². The molecule has 0 spiro atoms. The van der Waals surface area contributed by atoms with Crippen molar-refractivity contribution in [1.82, 2.24) is 15.5 Å². The topological polar surface area (TPSA) is 61.4 Å². The molecule has 25 heavy (non-hydrogen) atoms. The highest BCUT2D eigenvalue weighted by Gasteiger charge is 2.29. The lowest BCUT2D eigenvalue weighted by Crippen LogP contribution is -2.51. The predicted molar refractivity (Wildman–Crippen MR) is 101 cm³/mol. The Kier molecular flexibility index (Phi) is 7.72. The van der Waals surface area contributed by atoms with Gasteiger partial charge in [0, 0.05) is 25.7 Å². The van der Waals surface area contributed by atoms with Crippen LogP contribution in [0.15, 0.2) is 30.3 Å². The summed E-state index contributed by atoms with van der Waals surface area (Å²) in [6.07, 6.45) is 4.35. The number of amides is 2. The van der Waals surface area contributed by atoms with Crippen LogP contribution >= 0.6 is 12.4 Å². The number of carbonyl (C=O) groups excluding carboxylic acids is 2. The van der Waals surface area contributed by atoms with Crippen LogP contribution in [-0.4, -0.2) is 48.9 Å². The van der Waals surface area contributed by atoms with Crippen molar-refractivity contribution in [2.45, 2.75) is 38.1 Å². The summed E-state index contributed by atoms with van der Waals surface area (Å²) in [6, 6.07) is 10.0. The van der Waals surface area contributed by atoms with Crippen LogP contribution in [0.3, 0.4) is 0 Å². The van der Waals surface area contributed by atoms with E-state index in [4.69, 9.17) is 0 Å². The van der Waals surface area contributed by atoms with Crippen molar-refractivity contribution < 1.29 is 9.59 Å². The summed E-state index contributed by atoms with van der Waals surface area (Å²) in [5.74, 6) is 0.166. The van der Waals surface area contributed by atoms with E-state index in [1.807, 2.05) is 35.2 Å². The number of carbonyl (C=O) groups is 2.